The van der Waals surface area contributed by atoms with Crippen LogP contribution in [0.2, 0.25) is 0 Å². The normalized spacial score (nSPS) is 17.8. The van der Waals surface area contributed by atoms with Crippen LogP contribution in [-0.2, 0) is 4.74 Å². The summed E-state index contributed by atoms with van der Waals surface area (Å²) in [5.41, 5.74) is -0.108. The van der Waals surface area contributed by atoms with Crippen LogP contribution in [0, 0.1) is 28.6 Å². The van der Waals surface area contributed by atoms with Gasteiger partial charge in [0.25, 0.3) is 0 Å². The van der Waals surface area contributed by atoms with Crippen LogP contribution in [0.3, 0.4) is 0 Å². The highest BCUT2D eigenvalue weighted by Gasteiger charge is 2.28. The lowest BCUT2D eigenvalue weighted by molar-refractivity contribution is -0.500. The van der Waals surface area contributed by atoms with Crippen molar-refractivity contribution in [3.63, 3.8) is 0 Å². The molecular formula is C30H37F3N2O4. The maximum atomic E-state index is 14.9. The fourth-order valence-corrected chi connectivity index (χ4v) is 5.10. The maximum Gasteiger partial charge on any atom is 0.410 e. The van der Waals surface area contributed by atoms with E-state index in [2.05, 4.69) is 0 Å². The van der Waals surface area contributed by atoms with Gasteiger partial charge in [0.15, 0.2) is 29.6 Å². The molecule has 0 N–H and O–H groups in total. The van der Waals surface area contributed by atoms with Gasteiger partial charge in [-0.3, -0.25) is 0 Å². The predicted octanol–water partition coefficient (Wildman–Crippen LogP) is 7.06. The Bertz CT molecular complexity index is 1170. The summed E-state index contributed by atoms with van der Waals surface area (Å²) < 4.78 is 56.4. The van der Waals surface area contributed by atoms with Gasteiger partial charge in [0.1, 0.15) is 11.4 Å². The summed E-state index contributed by atoms with van der Waals surface area (Å²) in [5.74, 6) is -3.00. The molecule has 0 spiro atoms. The van der Waals surface area contributed by atoms with Crippen molar-refractivity contribution in [1.29, 1.82) is 0 Å². The van der Waals surface area contributed by atoms with Gasteiger partial charge >= 0.3 is 6.09 Å². The van der Waals surface area contributed by atoms with Gasteiger partial charge in [-0.15, -0.1) is 0 Å². The number of nitrogens with zero attached hydrogens (tertiary/aromatic N) is 2. The van der Waals surface area contributed by atoms with Gasteiger partial charge in [-0.2, -0.15) is 0 Å². The second kappa shape index (κ2) is 12.3. The van der Waals surface area contributed by atoms with E-state index in [0.717, 1.165) is 49.0 Å². The number of carbonyl (C=O) groups is 1. The monoisotopic (exact) mass is 546 g/mol. The number of amides is 1. The SMILES string of the molecule is CC(C)(C)OC(=O)N1CCC(COc2c(F)cc(-c3ccc(/C=[N+](\[O-])C4CCCCC4)cc3F)cc2F)CC1. The molecule has 4 rings (SSSR count). The number of carbonyl (C=O) groups excluding carboxylic acids is 1. The van der Waals surface area contributed by atoms with Gasteiger partial charge in [0.05, 0.1) is 6.61 Å². The molecule has 6 nitrogen and oxygen atoms in total. The second-order valence-electron chi connectivity index (χ2n) is 11.5. The number of ether oxygens (including phenoxy) is 2. The Morgan fingerprint density at radius 3 is 2.23 bits per heavy atom. The molecule has 0 unspecified atom stereocenters. The third kappa shape index (κ3) is 7.67. The Morgan fingerprint density at radius 2 is 1.64 bits per heavy atom. The molecule has 0 aromatic heterocycles. The van der Waals surface area contributed by atoms with Gasteiger partial charge < -0.3 is 19.6 Å². The first-order chi connectivity index (χ1) is 18.5. The van der Waals surface area contributed by atoms with Crippen LogP contribution in [0.1, 0.15) is 71.3 Å². The van der Waals surface area contributed by atoms with Crippen molar-refractivity contribution < 1.29 is 32.2 Å². The second-order valence-corrected chi connectivity index (χ2v) is 11.5. The number of benzene rings is 2. The zero-order chi connectivity index (χ0) is 28.2. The summed E-state index contributed by atoms with van der Waals surface area (Å²) in [7, 11) is 0. The molecule has 2 aromatic carbocycles. The van der Waals surface area contributed by atoms with Crippen LogP contribution in [0.25, 0.3) is 11.1 Å². The van der Waals surface area contributed by atoms with Crippen LogP contribution in [0.5, 0.6) is 5.75 Å². The predicted molar refractivity (Wildman–Crippen MR) is 143 cm³/mol. The van der Waals surface area contributed by atoms with Gasteiger partial charge in [-0.1, -0.05) is 12.5 Å². The lowest BCUT2D eigenvalue weighted by atomic mass is 9.96. The number of piperidine rings is 1. The first kappa shape index (κ1) is 28.8. The molecule has 1 aliphatic carbocycles. The van der Waals surface area contributed by atoms with Crippen LogP contribution >= 0.6 is 0 Å². The minimum atomic E-state index is -0.922. The average molecular weight is 547 g/mol. The molecule has 9 heteroatoms. The van der Waals surface area contributed by atoms with E-state index in [9.17, 15) is 23.2 Å². The molecule has 1 aliphatic heterocycles. The third-order valence-electron chi connectivity index (χ3n) is 7.24. The molecule has 0 bridgehead atoms. The molecule has 212 valence electrons. The van der Waals surface area contributed by atoms with Crippen molar-refractivity contribution in [1.82, 2.24) is 4.90 Å². The number of hydroxylamine groups is 1. The Kier molecular flexibility index (Phi) is 9.08. The first-order valence-electron chi connectivity index (χ1n) is 13.7. The van der Waals surface area contributed by atoms with Gasteiger partial charge in [-0.05, 0) is 82.2 Å². The van der Waals surface area contributed by atoms with E-state index >= 15 is 0 Å². The van der Waals surface area contributed by atoms with E-state index in [1.807, 2.05) is 20.8 Å². The van der Waals surface area contributed by atoms with Gasteiger partial charge in [0.2, 0.25) is 0 Å². The van der Waals surface area contributed by atoms with E-state index in [0.29, 0.717) is 31.5 Å². The quantitative estimate of drug-likeness (QED) is 0.168. The smallest absolute Gasteiger partial charge is 0.410 e. The highest BCUT2D eigenvalue weighted by Crippen LogP contribution is 2.32. The third-order valence-corrected chi connectivity index (χ3v) is 7.24. The number of hydrogen-bond donors (Lipinski definition) is 0. The van der Waals surface area contributed by atoms with Crippen LogP contribution in [-0.4, -0.2) is 53.3 Å². The molecule has 1 saturated heterocycles. The van der Waals surface area contributed by atoms with Crippen molar-refractivity contribution in [2.75, 3.05) is 19.7 Å². The molecule has 2 fully saturated rings. The molecule has 0 atom stereocenters. The van der Waals surface area contributed by atoms with E-state index in [1.165, 1.54) is 18.3 Å². The fraction of sp³-hybridized carbons (Fsp3) is 0.533. The summed E-state index contributed by atoms with van der Waals surface area (Å²) in [6.07, 6.45) is 7.02. The summed E-state index contributed by atoms with van der Waals surface area (Å²) in [4.78, 5) is 13.8. The Hall–Kier alpha value is -3.23. The van der Waals surface area contributed by atoms with E-state index in [-0.39, 0.29) is 35.8 Å². The number of hydrogen-bond acceptors (Lipinski definition) is 4. The summed E-state index contributed by atoms with van der Waals surface area (Å²) in [6, 6.07) is 6.18. The Balaban J connectivity index is 1.37. The minimum absolute atomic E-state index is 0.0255. The van der Waals surface area contributed by atoms with Crippen molar-refractivity contribution in [2.24, 2.45) is 5.92 Å². The number of halogens is 3. The van der Waals surface area contributed by atoms with Crippen molar-refractivity contribution >= 4 is 12.3 Å². The Labute approximate surface area is 228 Å². The van der Waals surface area contributed by atoms with E-state index in [4.69, 9.17) is 9.47 Å². The average Bonchev–Trinajstić information content (AvgIpc) is 2.88. The Morgan fingerprint density at radius 1 is 1.00 bits per heavy atom. The van der Waals surface area contributed by atoms with Crippen molar-refractivity contribution in [3.05, 3.63) is 58.6 Å². The molecule has 0 radical (unpaired) electrons. The fourth-order valence-electron chi connectivity index (χ4n) is 5.10. The van der Waals surface area contributed by atoms with Crippen molar-refractivity contribution in [3.8, 4) is 16.9 Å². The van der Waals surface area contributed by atoms with Gasteiger partial charge in [-0.25, -0.2) is 22.7 Å². The molecule has 1 heterocycles. The van der Waals surface area contributed by atoms with Crippen LogP contribution < -0.4 is 4.74 Å². The minimum Gasteiger partial charge on any atom is -0.624 e. The van der Waals surface area contributed by atoms with Crippen LogP contribution in [0.15, 0.2) is 30.3 Å². The largest absolute Gasteiger partial charge is 0.624 e. The zero-order valence-corrected chi connectivity index (χ0v) is 22.9. The number of likely N-dealkylation sites (tertiary alicyclic amines) is 1. The van der Waals surface area contributed by atoms with Gasteiger partial charge in [0, 0.05) is 37.1 Å². The van der Waals surface area contributed by atoms with E-state index in [1.54, 1.807) is 11.0 Å². The zero-order valence-electron chi connectivity index (χ0n) is 22.9. The molecule has 2 aromatic rings. The number of rotatable bonds is 6. The first-order valence-corrected chi connectivity index (χ1v) is 13.7. The maximum absolute atomic E-state index is 14.9. The highest BCUT2D eigenvalue weighted by atomic mass is 19.1. The molecular weight excluding hydrogens is 509 g/mol. The molecule has 2 aliphatic rings. The lowest BCUT2D eigenvalue weighted by Gasteiger charge is -2.33. The molecule has 1 saturated carbocycles. The highest BCUT2D eigenvalue weighted by molar-refractivity contribution is 5.78. The molecule has 39 heavy (non-hydrogen) atoms. The van der Waals surface area contributed by atoms with E-state index < -0.39 is 28.8 Å². The summed E-state index contributed by atoms with van der Waals surface area (Å²) in [5, 5.41) is 12.4. The van der Waals surface area contributed by atoms with Crippen LogP contribution in [0.4, 0.5) is 18.0 Å². The standard InChI is InChI=1S/C30H37F3N2O4/c1-30(2,3)39-29(36)34-13-11-20(12-14-34)19-38-28-26(32)16-22(17-27(28)33)24-10-9-21(15-25(24)31)18-35(37)23-7-5-4-6-8-23/h9-10,15-18,20,23H,4-8,11-14,19H2,1-3H3/b35-18-. The lowest BCUT2D eigenvalue weighted by Crippen LogP contribution is -2.42. The summed E-state index contributed by atoms with van der Waals surface area (Å²) >= 11 is 0. The van der Waals surface area contributed by atoms with Crippen molar-refractivity contribution in [2.45, 2.75) is 77.4 Å². The molecule has 1 amide bonds. The summed E-state index contributed by atoms with van der Waals surface area (Å²) in [6.45, 7) is 6.47. The topological polar surface area (TPSA) is 64.8 Å².